The van der Waals surface area contributed by atoms with E-state index in [0.29, 0.717) is 0 Å². The van der Waals surface area contributed by atoms with Crippen molar-refractivity contribution in [3.63, 3.8) is 0 Å². The lowest BCUT2D eigenvalue weighted by molar-refractivity contribution is -0.152. The first-order chi connectivity index (χ1) is 10.1. The van der Waals surface area contributed by atoms with Crippen molar-refractivity contribution in [2.75, 3.05) is 6.61 Å². The van der Waals surface area contributed by atoms with E-state index in [1.165, 1.54) is 0 Å². The molecule has 2 aromatic carbocycles. The van der Waals surface area contributed by atoms with Gasteiger partial charge in [0.15, 0.2) is 0 Å². The summed E-state index contributed by atoms with van der Waals surface area (Å²) in [6.07, 6.45) is -0.915. The van der Waals surface area contributed by atoms with Crippen molar-refractivity contribution in [1.29, 1.82) is 0 Å². The van der Waals surface area contributed by atoms with E-state index in [-0.39, 0.29) is 6.61 Å². The molecule has 1 unspecified atom stereocenters. The van der Waals surface area contributed by atoms with Gasteiger partial charge in [0.25, 0.3) is 0 Å². The van der Waals surface area contributed by atoms with Crippen molar-refractivity contribution >= 4 is 5.97 Å². The molecule has 0 aliphatic heterocycles. The zero-order chi connectivity index (χ0) is 15.3. The highest BCUT2D eigenvalue weighted by molar-refractivity contribution is 5.88. The largest absolute Gasteiger partial charge is 0.465 e. The second-order valence-corrected chi connectivity index (χ2v) is 4.94. The Morgan fingerprint density at radius 3 is 1.81 bits per heavy atom. The topological polar surface area (TPSA) is 46.5 Å². The van der Waals surface area contributed by atoms with E-state index < -0.39 is 17.5 Å². The average Bonchev–Trinajstić information content (AvgIpc) is 2.50. The van der Waals surface area contributed by atoms with Crippen LogP contribution in [-0.2, 0) is 14.9 Å². The maximum atomic E-state index is 12.7. The van der Waals surface area contributed by atoms with Crippen LogP contribution in [0.1, 0.15) is 25.0 Å². The van der Waals surface area contributed by atoms with Gasteiger partial charge < -0.3 is 9.84 Å². The molecule has 110 valence electrons. The fraction of sp³-hybridized carbons (Fsp3) is 0.278. The summed E-state index contributed by atoms with van der Waals surface area (Å²) in [5.74, 6) is -0.433. The number of rotatable bonds is 5. The van der Waals surface area contributed by atoms with Gasteiger partial charge in [0.1, 0.15) is 5.41 Å². The van der Waals surface area contributed by atoms with Gasteiger partial charge >= 0.3 is 5.97 Å². The van der Waals surface area contributed by atoms with Gasteiger partial charge in [-0.05, 0) is 25.0 Å². The SMILES string of the molecule is CCOC(=O)C(c1ccccc1)(c1ccccc1)C(C)O. The molecule has 0 saturated carbocycles. The molecule has 0 aliphatic rings. The molecule has 3 nitrogen and oxygen atoms in total. The number of esters is 1. The predicted octanol–water partition coefficient (Wildman–Crippen LogP) is 2.92. The molecule has 3 heteroatoms. The van der Waals surface area contributed by atoms with Gasteiger partial charge in [0.05, 0.1) is 12.7 Å². The normalized spacial score (nSPS) is 12.7. The van der Waals surface area contributed by atoms with Crippen LogP contribution in [0.4, 0.5) is 0 Å². The third-order valence-electron chi connectivity index (χ3n) is 3.68. The molecule has 0 heterocycles. The highest BCUT2D eigenvalue weighted by Gasteiger charge is 2.47. The molecular weight excluding hydrogens is 264 g/mol. The molecule has 0 bridgehead atoms. The maximum absolute atomic E-state index is 12.7. The standard InChI is InChI=1S/C18H20O3/c1-3-21-17(20)18(14(2)19,15-10-6-4-7-11-15)16-12-8-5-9-13-16/h4-14,19H,3H2,1-2H3. The number of benzene rings is 2. The van der Waals surface area contributed by atoms with Gasteiger partial charge in [-0.15, -0.1) is 0 Å². The van der Waals surface area contributed by atoms with E-state index >= 15 is 0 Å². The van der Waals surface area contributed by atoms with Crippen LogP contribution in [-0.4, -0.2) is 23.8 Å². The zero-order valence-electron chi connectivity index (χ0n) is 12.3. The van der Waals surface area contributed by atoms with Crippen molar-refractivity contribution < 1.29 is 14.6 Å². The number of aliphatic hydroxyl groups is 1. The number of hydrogen-bond donors (Lipinski definition) is 1. The summed E-state index contributed by atoms with van der Waals surface area (Å²) < 4.78 is 5.28. The molecular formula is C18H20O3. The fourth-order valence-electron chi connectivity index (χ4n) is 2.70. The van der Waals surface area contributed by atoms with Crippen molar-refractivity contribution in [1.82, 2.24) is 0 Å². The van der Waals surface area contributed by atoms with Crippen LogP contribution in [0.15, 0.2) is 60.7 Å². The van der Waals surface area contributed by atoms with Gasteiger partial charge in [0, 0.05) is 0 Å². The van der Waals surface area contributed by atoms with Crippen molar-refractivity contribution in [3.8, 4) is 0 Å². The summed E-state index contributed by atoms with van der Waals surface area (Å²) in [7, 11) is 0. The second kappa shape index (κ2) is 6.55. The third-order valence-corrected chi connectivity index (χ3v) is 3.68. The predicted molar refractivity (Wildman–Crippen MR) is 82.0 cm³/mol. The Balaban J connectivity index is 2.70. The number of carbonyl (C=O) groups is 1. The molecule has 2 aromatic rings. The highest BCUT2D eigenvalue weighted by atomic mass is 16.5. The van der Waals surface area contributed by atoms with Crippen LogP contribution in [0, 0.1) is 0 Å². The molecule has 0 aromatic heterocycles. The van der Waals surface area contributed by atoms with E-state index in [1.54, 1.807) is 13.8 Å². The minimum absolute atomic E-state index is 0.271. The Morgan fingerprint density at radius 1 is 1.05 bits per heavy atom. The minimum Gasteiger partial charge on any atom is -0.465 e. The lowest BCUT2D eigenvalue weighted by Gasteiger charge is -2.35. The first-order valence-corrected chi connectivity index (χ1v) is 7.10. The number of hydrogen-bond acceptors (Lipinski definition) is 3. The molecule has 1 atom stereocenters. The zero-order valence-corrected chi connectivity index (χ0v) is 12.3. The minimum atomic E-state index is -1.21. The average molecular weight is 284 g/mol. The summed E-state index contributed by atoms with van der Waals surface area (Å²) in [5, 5.41) is 10.5. The van der Waals surface area contributed by atoms with Gasteiger partial charge in [-0.2, -0.15) is 0 Å². The monoisotopic (exact) mass is 284 g/mol. The van der Waals surface area contributed by atoms with Crippen molar-refractivity contribution in [2.24, 2.45) is 0 Å². The van der Waals surface area contributed by atoms with Crippen LogP contribution in [0.2, 0.25) is 0 Å². The lowest BCUT2D eigenvalue weighted by Crippen LogP contribution is -2.47. The van der Waals surface area contributed by atoms with Gasteiger partial charge in [-0.25, -0.2) is 0 Å². The second-order valence-electron chi connectivity index (χ2n) is 4.94. The van der Waals surface area contributed by atoms with E-state index in [1.807, 2.05) is 60.7 Å². The Hall–Kier alpha value is -2.13. The van der Waals surface area contributed by atoms with Crippen LogP contribution in [0.25, 0.3) is 0 Å². The summed E-state index contributed by atoms with van der Waals surface area (Å²) in [6, 6.07) is 18.6. The maximum Gasteiger partial charge on any atom is 0.323 e. The summed E-state index contributed by atoms with van der Waals surface area (Å²) in [5.41, 5.74) is 0.243. The molecule has 2 rings (SSSR count). The smallest absolute Gasteiger partial charge is 0.323 e. The molecule has 0 fully saturated rings. The molecule has 0 saturated heterocycles. The third kappa shape index (κ3) is 2.69. The van der Waals surface area contributed by atoms with Gasteiger partial charge in [-0.3, -0.25) is 4.79 Å². The van der Waals surface area contributed by atoms with Crippen LogP contribution in [0.3, 0.4) is 0 Å². The van der Waals surface area contributed by atoms with Crippen molar-refractivity contribution in [3.05, 3.63) is 71.8 Å². The van der Waals surface area contributed by atoms with E-state index in [2.05, 4.69) is 0 Å². The first-order valence-electron chi connectivity index (χ1n) is 7.10. The molecule has 0 amide bonds. The van der Waals surface area contributed by atoms with Gasteiger partial charge in [0.2, 0.25) is 0 Å². The first kappa shape index (κ1) is 15.3. The summed E-state index contributed by atoms with van der Waals surface area (Å²) in [4.78, 5) is 12.7. The Morgan fingerprint density at radius 2 is 1.48 bits per heavy atom. The highest BCUT2D eigenvalue weighted by Crippen LogP contribution is 2.37. The van der Waals surface area contributed by atoms with E-state index in [0.717, 1.165) is 11.1 Å². The fourth-order valence-corrected chi connectivity index (χ4v) is 2.70. The Labute approximate surface area is 125 Å². The van der Waals surface area contributed by atoms with E-state index in [4.69, 9.17) is 4.74 Å². The Kier molecular flexibility index (Phi) is 4.76. The van der Waals surface area contributed by atoms with Crippen LogP contribution in [0.5, 0.6) is 0 Å². The molecule has 21 heavy (non-hydrogen) atoms. The van der Waals surface area contributed by atoms with Crippen molar-refractivity contribution in [2.45, 2.75) is 25.4 Å². The molecule has 1 N–H and O–H groups in total. The Bertz CT molecular complexity index is 536. The number of ether oxygens (including phenoxy) is 1. The summed E-state index contributed by atoms with van der Waals surface area (Å²) in [6.45, 7) is 3.66. The van der Waals surface area contributed by atoms with E-state index in [9.17, 15) is 9.90 Å². The van der Waals surface area contributed by atoms with Gasteiger partial charge in [-0.1, -0.05) is 60.7 Å². The van der Waals surface area contributed by atoms with Crippen LogP contribution < -0.4 is 0 Å². The lowest BCUT2D eigenvalue weighted by atomic mass is 9.70. The summed E-state index contributed by atoms with van der Waals surface area (Å²) >= 11 is 0. The molecule has 0 aliphatic carbocycles. The number of carbonyl (C=O) groups excluding carboxylic acids is 1. The molecule has 0 spiro atoms. The molecule has 0 radical (unpaired) electrons. The number of aliphatic hydroxyl groups excluding tert-OH is 1. The van der Waals surface area contributed by atoms with Crippen LogP contribution >= 0.6 is 0 Å². The quantitative estimate of drug-likeness (QED) is 0.859.